The summed E-state index contributed by atoms with van der Waals surface area (Å²) in [6, 6.07) is 13.4. The lowest BCUT2D eigenvalue weighted by molar-refractivity contribution is 0.102. The molecule has 6 heteroatoms. The van der Waals surface area contributed by atoms with Crippen molar-refractivity contribution in [3.8, 4) is 10.6 Å². The van der Waals surface area contributed by atoms with Crippen LogP contribution in [0.5, 0.6) is 0 Å². The van der Waals surface area contributed by atoms with Crippen LogP contribution in [0.2, 0.25) is 0 Å². The third-order valence-corrected chi connectivity index (χ3v) is 4.24. The van der Waals surface area contributed by atoms with Gasteiger partial charge in [0.25, 0.3) is 5.91 Å². The number of amides is 1. The summed E-state index contributed by atoms with van der Waals surface area (Å²) < 4.78 is 5.36. The monoisotopic (exact) mass is 321 g/mol. The molecular weight excluding hydrogens is 310 g/mol. The molecule has 0 aliphatic carbocycles. The molecule has 4 rings (SSSR count). The third-order valence-electron chi connectivity index (χ3n) is 3.38. The minimum Gasteiger partial charge on any atom is -0.442 e. The van der Waals surface area contributed by atoms with Crippen molar-refractivity contribution in [3.05, 3.63) is 66.1 Å². The largest absolute Gasteiger partial charge is 0.442 e. The molecule has 0 saturated carbocycles. The number of hydrogen-bond donors (Lipinski definition) is 1. The van der Waals surface area contributed by atoms with Gasteiger partial charge in [-0.05, 0) is 23.6 Å². The number of hydrogen-bond acceptors (Lipinski definition) is 5. The molecule has 4 aromatic rings. The average molecular weight is 321 g/mol. The lowest BCUT2D eigenvalue weighted by atomic mass is 10.2. The maximum absolute atomic E-state index is 12.5. The van der Waals surface area contributed by atoms with E-state index in [4.69, 9.17) is 4.42 Å². The number of benzene rings is 1. The molecule has 1 N–H and O–H groups in total. The molecule has 0 aliphatic heterocycles. The molecule has 0 atom stereocenters. The van der Waals surface area contributed by atoms with E-state index in [1.807, 2.05) is 47.8 Å². The smallest absolute Gasteiger partial charge is 0.278 e. The zero-order chi connectivity index (χ0) is 15.6. The molecule has 0 spiro atoms. The number of carbonyl (C=O) groups excluding carboxylic acids is 1. The number of thiophene rings is 1. The number of para-hydroxylation sites is 1. The van der Waals surface area contributed by atoms with Crippen LogP contribution in [-0.4, -0.2) is 15.9 Å². The first-order chi connectivity index (χ1) is 11.3. The highest BCUT2D eigenvalue weighted by Crippen LogP contribution is 2.28. The van der Waals surface area contributed by atoms with Gasteiger partial charge in [0.2, 0.25) is 0 Å². The summed E-state index contributed by atoms with van der Waals surface area (Å²) in [5.74, 6) is 0.158. The van der Waals surface area contributed by atoms with Gasteiger partial charge in [0.15, 0.2) is 17.8 Å². The number of carbonyl (C=O) groups is 1. The summed E-state index contributed by atoms with van der Waals surface area (Å²) in [4.78, 5) is 21.7. The Morgan fingerprint density at radius 1 is 1.13 bits per heavy atom. The Labute approximate surface area is 135 Å². The average Bonchev–Trinajstić information content (AvgIpc) is 3.25. The van der Waals surface area contributed by atoms with Gasteiger partial charge in [-0.15, -0.1) is 11.3 Å². The fraction of sp³-hybridized carbons (Fsp3) is 0. The number of nitrogens with zero attached hydrogens (tertiary/aromatic N) is 2. The van der Waals surface area contributed by atoms with Crippen molar-refractivity contribution in [3.63, 3.8) is 0 Å². The fourth-order valence-electron chi connectivity index (χ4n) is 2.32. The number of anilines is 1. The molecular formula is C17H11N3O2S. The molecule has 0 saturated heterocycles. The molecule has 23 heavy (non-hydrogen) atoms. The van der Waals surface area contributed by atoms with E-state index in [0.29, 0.717) is 11.4 Å². The molecule has 1 amide bonds. The Morgan fingerprint density at radius 2 is 2.04 bits per heavy atom. The Bertz CT molecular complexity index is 976. The molecule has 5 nitrogen and oxygen atoms in total. The van der Waals surface area contributed by atoms with Gasteiger partial charge in [0.1, 0.15) is 0 Å². The van der Waals surface area contributed by atoms with Gasteiger partial charge in [-0.1, -0.05) is 24.3 Å². The van der Waals surface area contributed by atoms with Gasteiger partial charge in [0.05, 0.1) is 22.3 Å². The van der Waals surface area contributed by atoms with Crippen LogP contribution >= 0.6 is 11.3 Å². The second kappa shape index (κ2) is 5.66. The number of oxazole rings is 1. The predicted octanol–water partition coefficient (Wildman–Crippen LogP) is 4.20. The van der Waals surface area contributed by atoms with Gasteiger partial charge >= 0.3 is 0 Å². The first kappa shape index (κ1) is 13.7. The van der Waals surface area contributed by atoms with Gasteiger partial charge in [-0.3, -0.25) is 9.78 Å². The van der Waals surface area contributed by atoms with Gasteiger partial charge in [-0.2, -0.15) is 0 Å². The zero-order valence-corrected chi connectivity index (χ0v) is 12.7. The summed E-state index contributed by atoms with van der Waals surface area (Å²) in [6.45, 7) is 0. The lowest BCUT2D eigenvalue weighted by Crippen LogP contribution is -2.13. The fourth-order valence-corrected chi connectivity index (χ4v) is 3.03. The highest BCUT2D eigenvalue weighted by Gasteiger charge is 2.19. The third kappa shape index (κ3) is 2.60. The SMILES string of the molecule is O=C(Nc1cnc2ccccc2c1)c1ncoc1-c1cccs1. The predicted molar refractivity (Wildman–Crippen MR) is 89.5 cm³/mol. The van der Waals surface area contributed by atoms with E-state index in [-0.39, 0.29) is 11.6 Å². The van der Waals surface area contributed by atoms with E-state index in [9.17, 15) is 4.79 Å². The van der Waals surface area contributed by atoms with Crippen molar-refractivity contribution >= 4 is 33.8 Å². The Hall–Kier alpha value is -2.99. The van der Waals surface area contributed by atoms with Crippen LogP contribution in [-0.2, 0) is 0 Å². The van der Waals surface area contributed by atoms with Crippen LogP contribution in [0.4, 0.5) is 5.69 Å². The van der Waals surface area contributed by atoms with Crippen LogP contribution < -0.4 is 5.32 Å². The highest BCUT2D eigenvalue weighted by molar-refractivity contribution is 7.13. The molecule has 0 unspecified atom stereocenters. The highest BCUT2D eigenvalue weighted by atomic mass is 32.1. The van der Waals surface area contributed by atoms with Gasteiger partial charge < -0.3 is 9.73 Å². The Kier molecular flexibility index (Phi) is 3.36. The van der Waals surface area contributed by atoms with Gasteiger partial charge in [-0.25, -0.2) is 4.98 Å². The van der Waals surface area contributed by atoms with E-state index in [2.05, 4.69) is 15.3 Å². The van der Waals surface area contributed by atoms with E-state index in [1.54, 1.807) is 6.20 Å². The summed E-state index contributed by atoms with van der Waals surface area (Å²) in [5.41, 5.74) is 1.76. The number of nitrogens with one attached hydrogen (secondary N) is 1. The summed E-state index contributed by atoms with van der Waals surface area (Å²) in [7, 11) is 0. The van der Waals surface area contributed by atoms with Crippen LogP contribution in [0.1, 0.15) is 10.5 Å². The van der Waals surface area contributed by atoms with Crippen LogP contribution in [0.15, 0.2) is 64.9 Å². The maximum Gasteiger partial charge on any atom is 0.278 e. The first-order valence-electron chi connectivity index (χ1n) is 6.95. The van der Waals surface area contributed by atoms with Crippen LogP contribution in [0.3, 0.4) is 0 Å². The van der Waals surface area contributed by atoms with E-state index < -0.39 is 0 Å². The quantitative estimate of drug-likeness (QED) is 0.614. The number of aromatic nitrogens is 2. The van der Waals surface area contributed by atoms with Crippen molar-refractivity contribution in [2.45, 2.75) is 0 Å². The van der Waals surface area contributed by atoms with E-state index in [0.717, 1.165) is 15.8 Å². The first-order valence-corrected chi connectivity index (χ1v) is 7.83. The van der Waals surface area contributed by atoms with E-state index in [1.165, 1.54) is 17.7 Å². The number of fused-ring (bicyclic) bond motifs is 1. The maximum atomic E-state index is 12.5. The molecule has 0 aliphatic rings. The molecule has 0 fully saturated rings. The second-order valence-corrected chi connectivity index (χ2v) is 5.83. The topological polar surface area (TPSA) is 68.0 Å². The Balaban J connectivity index is 1.64. The number of pyridine rings is 1. The molecule has 0 bridgehead atoms. The Morgan fingerprint density at radius 3 is 2.91 bits per heavy atom. The molecule has 3 heterocycles. The van der Waals surface area contributed by atoms with E-state index >= 15 is 0 Å². The normalized spacial score (nSPS) is 10.8. The molecule has 0 radical (unpaired) electrons. The standard InChI is InChI=1S/C17H11N3O2S/c21-17(15-16(22-10-19-15)14-6-3-7-23-14)20-12-8-11-4-1-2-5-13(11)18-9-12/h1-10H,(H,20,21). The van der Waals surface area contributed by atoms with Gasteiger partial charge in [0, 0.05) is 5.39 Å². The lowest BCUT2D eigenvalue weighted by Gasteiger charge is -2.05. The minimum atomic E-state index is -0.320. The molecule has 3 aromatic heterocycles. The van der Waals surface area contributed by atoms with Crippen molar-refractivity contribution < 1.29 is 9.21 Å². The molecule has 112 valence electrons. The van der Waals surface area contributed by atoms with Crippen molar-refractivity contribution in [1.82, 2.24) is 9.97 Å². The summed E-state index contributed by atoms with van der Waals surface area (Å²) in [6.07, 6.45) is 2.91. The molecule has 1 aromatic carbocycles. The zero-order valence-electron chi connectivity index (χ0n) is 11.9. The van der Waals surface area contributed by atoms with Crippen molar-refractivity contribution in [2.75, 3.05) is 5.32 Å². The van der Waals surface area contributed by atoms with Crippen LogP contribution in [0, 0.1) is 0 Å². The number of rotatable bonds is 3. The minimum absolute atomic E-state index is 0.264. The summed E-state index contributed by atoms with van der Waals surface area (Å²) in [5, 5.41) is 5.70. The van der Waals surface area contributed by atoms with Crippen molar-refractivity contribution in [1.29, 1.82) is 0 Å². The van der Waals surface area contributed by atoms with Crippen LogP contribution in [0.25, 0.3) is 21.5 Å². The summed E-state index contributed by atoms with van der Waals surface area (Å²) >= 11 is 1.49. The van der Waals surface area contributed by atoms with Crippen molar-refractivity contribution in [2.24, 2.45) is 0 Å². The second-order valence-electron chi connectivity index (χ2n) is 4.88.